The third-order valence-corrected chi connectivity index (χ3v) is 3.43. The first-order valence-corrected chi connectivity index (χ1v) is 5.94. The average Bonchev–Trinajstić information content (AvgIpc) is 2.67. The average molecular weight is 199 g/mol. The molecular weight excluding hydrogens is 174 g/mol. The van der Waals surface area contributed by atoms with Crippen molar-refractivity contribution in [3.8, 4) is 0 Å². The molecule has 1 rings (SSSR count). The van der Waals surface area contributed by atoms with Gasteiger partial charge in [0.25, 0.3) is 0 Å². The summed E-state index contributed by atoms with van der Waals surface area (Å²) < 4.78 is 5.45. The standard InChI is InChI=1S/C12H25NO/c1-5-11(10-7-8-14-9-10)13-12(3,4)6-2/h10-11,13H,5-9H2,1-4H3. The molecule has 0 aliphatic carbocycles. The summed E-state index contributed by atoms with van der Waals surface area (Å²) in [6.45, 7) is 11.0. The zero-order chi connectivity index (χ0) is 10.6. The van der Waals surface area contributed by atoms with E-state index in [-0.39, 0.29) is 5.54 Å². The van der Waals surface area contributed by atoms with Gasteiger partial charge in [0, 0.05) is 18.2 Å². The molecule has 84 valence electrons. The van der Waals surface area contributed by atoms with Crippen LogP contribution >= 0.6 is 0 Å². The molecule has 0 spiro atoms. The predicted molar refractivity (Wildman–Crippen MR) is 60.5 cm³/mol. The molecule has 0 radical (unpaired) electrons. The van der Waals surface area contributed by atoms with Gasteiger partial charge < -0.3 is 10.1 Å². The fraction of sp³-hybridized carbons (Fsp3) is 1.00. The maximum atomic E-state index is 5.45. The van der Waals surface area contributed by atoms with E-state index in [4.69, 9.17) is 4.74 Å². The van der Waals surface area contributed by atoms with Crippen molar-refractivity contribution in [2.75, 3.05) is 13.2 Å². The summed E-state index contributed by atoms with van der Waals surface area (Å²) in [5.41, 5.74) is 0.267. The highest BCUT2D eigenvalue weighted by Gasteiger charge is 2.28. The van der Waals surface area contributed by atoms with Crippen LogP contribution in [0.25, 0.3) is 0 Å². The molecule has 1 heterocycles. The fourth-order valence-corrected chi connectivity index (χ4v) is 2.03. The fourth-order valence-electron chi connectivity index (χ4n) is 2.03. The Labute approximate surface area is 88.4 Å². The maximum absolute atomic E-state index is 5.45. The highest BCUT2D eigenvalue weighted by molar-refractivity contribution is 4.85. The van der Waals surface area contributed by atoms with Crippen LogP contribution < -0.4 is 5.32 Å². The van der Waals surface area contributed by atoms with E-state index in [1.165, 1.54) is 19.3 Å². The second-order valence-electron chi connectivity index (χ2n) is 5.02. The van der Waals surface area contributed by atoms with Gasteiger partial charge in [-0.3, -0.25) is 0 Å². The van der Waals surface area contributed by atoms with Gasteiger partial charge >= 0.3 is 0 Å². The second kappa shape index (κ2) is 5.13. The molecule has 2 heteroatoms. The van der Waals surface area contributed by atoms with Gasteiger partial charge in [-0.1, -0.05) is 13.8 Å². The molecular formula is C12H25NO. The molecule has 2 nitrogen and oxygen atoms in total. The van der Waals surface area contributed by atoms with Crippen molar-refractivity contribution in [2.45, 2.75) is 58.5 Å². The van der Waals surface area contributed by atoms with Crippen LogP contribution in [-0.2, 0) is 4.74 Å². The molecule has 1 N–H and O–H groups in total. The Morgan fingerprint density at radius 1 is 1.43 bits per heavy atom. The van der Waals surface area contributed by atoms with E-state index < -0.39 is 0 Å². The van der Waals surface area contributed by atoms with E-state index in [1.54, 1.807) is 0 Å². The molecule has 1 fully saturated rings. The minimum atomic E-state index is 0.267. The van der Waals surface area contributed by atoms with E-state index in [9.17, 15) is 0 Å². The van der Waals surface area contributed by atoms with Crippen LogP contribution in [0, 0.1) is 5.92 Å². The lowest BCUT2D eigenvalue weighted by atomic mass is 9.92. The zero-order valence-electron chi connectivity index (χ0n) is 10.1. The normalized spacial score (nSPS) is 25.3. The Bertz CT molecular complexity index is 162. The molecule has 14 heavy (non-hydrogen) atoms. The summed E-state index contributed by atoms with van der Waals surface area (Å²) in [4.78, 5) is 0. The molecule has 0 aromatic heterocycles. The summed E-state index contributed by atoms with van der Waals surface area (Å²) in [6, 6.07) is 0.632. The molecule has 2 atom stereocenters. The van der Waals surface area contributed by atoms with Crippen LogP contribution in [-0.4, -0.2) is 24.8 Å². The van der Waals surface area contributed by atoms with E-state index in [1.807, 2.05) is 0 Å². The minimum absolute atomic E-state index is 0.267. The largest absolute Gasteiger partial charge is 0.381 e. The quantitative estimate of drug-likeness (QED) is 0.735. The molecule has 0 bridgehead atoms. The summed E-state index contributed by atoms with van der Waals surface area (Å²) in [5.74, 6) is 0.728. The first kappa shape index (κ1) is 12.0. The Morgan fingerprint density at radius 2 is 2.14 bits per heavy atom. The van der Waals surface area contributed by atoms with Gasteiger partial charge in [-0.15, -0.1) is 0 Å². The number of hydrogen-bond acceptors (Lipinski definition) is 2. The van der Waals surface area contributed by atoms with Crippen LogP contribution in [0.3, 0.4) is 0 Å². The van der Waals surface area contributed by atoms with Gasteiger partial charge in [-0.2, -0.15) is 0 Å². The Hall–Kier alpha value is -0.0800. The van der Waals surface area contributed by atoms with Crippen LogP contribution in [0.1, 0.15) is 47.0 Å². The third-order valence-electron chi connectivity index (χ3n) is 3.43. The molecule has 0 aromatic rings. The van der Waals surface area contributed by atoms with Crippen molar-refractivity contribution in [2.24, 2.45) is 5.92 Å². The van der Waals surface area contributed by atoms with Crippen molar-refractivity contribution < 1.29 is 4.74 Å². The maximum Gasteiger partial charge on any atom is 0.0510 e. The summed E-state index contributed by atoms with van der Waals surface area (Å²) in [6.07, 6.45) is 3.61. The lowest BCUT2D eigenvalue weighted by Gasteiger charge is -2.33. The van der Waals surface area contributed by atoms with Crippen LogP contribution in [0.4, 0.5) is 0 Å². The van der Waals surface area contributed by atoms with Gasteiger partial charge in [0.1, 0.15) is 0 Å². The van der Waals surface area contributed by atoms with E-state index >= 15 is 0 Å². The molecule has 2 unspecified atom stereocenters. The second-order valence-corrected chi connectivity index (χ2v) is 5.02. The Kier molecular flexibility index (Phi) is 4.39. The first-order chi connectivity index (χ1) is 6.59. The van der Waals surface area contributed by atoms with Crippen molar-refractivity contribution >= 4 is 0 Å². The van der Waals surface area contributed by atoms with Crippen molar-refractivity contribution in [3.63, 3.8) is 0 Å². The summed E-state index contributed by atoms with van der Waals surface area (Å²) in [7, 11) is 0. The first-order valence-electron chi connectivity index (χ1n) is 5.94. The van der Waals surface area contributed by atoms with Gasteiger partial charge in [0.2, 0.25) is 0 Å². The van der Waals surface area contributed by atoms with Crippen molar-refractivity contribution in [3.05, 3.63) is 0 Å². The number of hydrogen-bond donors (Lipinski definition) is 1. The topological polar surface area (TPSA) is 21.3 Å². The predicted octanol–water partition coefficient (Wildman–Crippen LogP) is 2.58. The van der Waals surface area contributed by atoms with Crippen LogP contribution in [0.2, 0.25) is 0 Å². The summed E-state index contributed by atoms with van der Waals surface area (Å²) in [5, 5.41) is 3.75. The van der Waals surface area contributed by atoms with Gasteiger partial charge in [-0.25, -0.2) is 0 Å². The minimum Gasteiger partial charge on any atom is -0.381 e. The van der Waals surface area contributed by atoms with Crippen LogP contribution in [0.15, 0.2) is 0 Å². The lowest BCUT2D eigenvalue weighted by Crippen LogP contribution is -2.48. The van der Waals surface area contributed by atoms with Crippen molar-refractivity contribution in [1.82, 2.24) is 5.32 Å². The summed E-state index contributed by atoms with van der Waals surface area (Å²) >= 11 is 0. The lowest BCUT2D eigenvalue weighted by molar-refractivity contribution is 0.167. The molecule has 1 aliphatic rings. The third kappa shape index (κ3) is 3.25. The highest BCUT2D eigenvalue weighted by Crippen LogP contribution is 2.21. The number of rotatable bonds is 5. The van der Waals surface area contributed by atoms with E-state index in [2.05, 4.69) is 33.0 Å². The molecule has 0 saturated carbocycles. The highest BCUT2D eigenvalue weighted by atomic mass is 16.5. The molecule has 1 aliphatic heterocycles. The molecule has 1 saturated heterocycles. The van der Waals surface area contributed by atoms with Crippen molar-refractivity contribution in [1.29, 1.82) is 0 Å². The molecule has 0 amide bonds. The van der Waals surface area contributed by atoms with E-state index in [0.29, 0.717) is 6.04 Å². The van der Waals surface area contributed by atoms with Gasteiger partial charge in [0.05, 0.1) is 6.61 Å². The molecule has 0 aromatic carbocycles. The Balaban J connectivity index is 2.45. The smallest absolute Gasteiger partial charge is 0.0510 e. The SMILES string of the molecule is CCC(NC(C)(C)CC)C1CCOC1. The zero-order valence-corrected chi connectivity index (χ0v) is 10.1. The van der Waals surface area contributed by atoms with Gasteiger partial charge in [-0.05, 0) is 39.0 Å². The van der Waals surface area contributed by atoms with E-state index in [0.717, 1.165) is 19.1 Å². The monoisotopic (exact) mass is 199 g/mol. The number of nitrogens with one attached hydrogen (secondary N) is 1. The van der Waals surface area contributed by atoms with Gasteiger partial charge in [0.15, 0.2) is 0 Å². The Morgan fingerprint density at radius 3 is 2.57 bits per heavy atom. The van der Waals surface area contributed by atoms with Crippen LogP contribution in [0.5, 0.6) is 0 Å². The number of ether oxygens (including phenoxy) is 1.